The Labute approximate surface area is 207 Å². The summed E-state index contributed by atoms with van der Waals surface area (Å²) in [6, 6.07) is 33.6. The van der Waals surface area contributed by atoms with E-state index in [0.29, 0.717) is 5.92 Å². The minimum absolute atomic E-state index is 0. The molecule has 0 saturated carbocycles. The normalized spacial score (nSPS) is 18.1. The monoisotopic (exact) mass is 483 g/mol. The standard InChI is InChI=1S/C31H21.Zr/c1-4-10-23-20(7-1)13-15-26(23)29-18-17-27-25-12-6-3-9-22(25)19-30(27)31(29)28-16-14-21-8-2-5-11-24(21)28;/h1-19,26,28H;/q-1;. The van der Waals surface area contributed by atoms with E-state index in [1.807, 2.05) is 0 Å². The predicted octanol–water partition coefficient (Wildman–Crippen LogP) is 8.03. The first-order valence-corrected chi connectivity index (χ1v) is 11.0. The molecule has 1 heteroatoms. The summed E-state index contributed by atoms with van der Waals surface area (Å²) in [6.07, 6.45) is 9.35. The minimum Gasteiger partial charge on any atom is -0.126 e. The zero-order chi connectivity index (χ0) is 20.4. The number of allylic oxidation sites excluding steroid dienone is 2. The van der Waals surface area contributed by atoms with Gasteiger partial charge in [-0.15, -0.1) is 33.7 Å². The van der Waals surface area contributed by atoms with Crippen molar-refractivity contribution in [2.24, 2.45) is 0 Å². The maximum Gasteiger partial charge on any atom is 0.0212 e. The van der Waals surface area contributed by atoms with Gasteiger partial charge in [-0.1, -0.05) is 114 Å². The molecule has 5 aromatic carbocycles. The first-order chi connectivity index (χ1) is 15.4. The molecule has 150 valence electrons. The van der Waals surface area contributed by atoms with Crippen LogP contribution in [-0.2, 0) is 26.2 Å². The fourth-order valence-electron chi connectivity index (χ4n) is 5.71. The molecule has 2 unspecified atom stereocenters. The van der Waals surface area contributed by atoms with Gasteiger partial charge in [-0.3, -0.25) is 0 Å². The molecule has 0 fully saturated rings. The zero-order valence-corrected chi connectivity index (χ0v) is 20.1. The van der Waals surface area contributed by atoms with Crippen LogP contribution < -0.4 is 0 Å². The first kappa shape index (κ1) is 19.8. The number of hydrogen-bond acceptors (Lipinski definition) is 0. The largest absolute Gasteiger partial charge is 0.126 e. The molecule has 0 heterocycles. The van der Waals surface area contributed by atoms with Crippen molar-refractivity contribution in [3.63, 3.8) is 0 Å². The van der Waals surface area contributed by atoms with Crippen LogP contribution in [0.1, 0.15) is 45.2 Å². The van der Waals surface area contributed by atoms with Crippen LogP contribution in [0.4, 0.5) is 0 Å². The van der Waals surface area contributed by atoms with Gasteiger partial charge >= 0.3 is 0 Å². The summed E-state index contributed by atoms with van der Waals surface area (Å²) in [6.45, 7) is 0. The van der Waals surface area contributed by atoms with E-state index in [0.717, 1.165) is 0 Å². The Bertz CT molecular complexity index is 1550. The van der Waals surface area contributed by atoms with Crippen molar-refractivity contribution in [1.82, 2.24) is 0 Å². The van der Waals surface area contributed by atoms with Gasteiger partial charge in [0.25, 0.3) is 0 Å². The van der Waals surface area contributed by atoms with Crippen molar-refractivity contribution in [3.05, 3.63) is 137 Å². The molecule has 0 radical (unpaired) electrons. The molecule has 0 N–H and O–H groups in total. The van der Waals surface area contributed by atoms with E-state index < -0.39 is 0 Å². The number of fused-ring (bicyclic) bond motifs is 5. The van der Waals surface area contributed by atoms with Crippen molar-refractivity contribution in [2.75, 3.05) is 0 Å². The molecule has 32 heavy (non-hydrogen) atoms. The van der Waals surface area contributed by atoms with E-state index >= 15 is 0 Å². The SMILES string of the molecule is C1=CC(c2ccc3c([cH-]c4ccccc43)c2C2C=Cc3ccccc32)c2ccccc21.[Zr]. The summed E-state index contributed by atoms with van der Waals surface area (Å²) in [5, 5.41) is 5.43. The molecular weight excluding hydrogens is 464 g/mol. The minimum atomic E-state index is 0. The summed E-state index contributed by atoms with van der Waals surface area (Å²) >= 11 is 0. The van der Waals surface area contributed by atoms with Crippen LogP contribution >= 0.6 is 0 Å². The maximum absolute atomic E-state index is 2.41. The molecule has 5 aromatic rings. The first-order valence-electron chi connectivity index (χ1n) is 11.0. The van der Waals surface area contributed by atoms with E-state index in [-0.39, 0.29) is 32.1 Å². The molecular formula is C31H21Zr-. The molecule has 0 bridgehead atoms. The van der Waals surface area contributed by atoms with Crippen LogP contribution in [0.25, 0.3) is 33.7 Å². The predicted molar refractivity (Wildman–Crippen MR) is 132 cm³/mol. The van der Waals surface area contributed by atoms with E-state index in [9.17, 15) is 0 Å². The second kappa shape index (κ2) is 7.61. The molecule has 2 atom stereocenters. The van der Waals surface area contributed by atoms with Gasteiger partial charge in [0.05, 0.1) is 0 Å². The van der Waals surface area contributed by atoms with E-state index in [1.165, 1.54) is 54.9 Å². The van der Waals surface area contributed by atoms with Crippen LogP contribution in [0.2, 0.25) is 0 Å². The quantitative estimate of drug-likeness (QED) is 0.223. The topological polar surface area (TPSA) is 0 Å². The Hall–Kier alpha value is -2.89. The summed E-state index contributed by atoms with van der Waals surface area (Å²) in [7, 11) is 0. The van der Waals surface area contributed by atoms with Crippen LogP contribution in [0, 0.1) is 0 Å². The number of rotatable bonds is 2. The van der Waals surface area contributed by atoms with Gasteiger partial charge in [-0.25, -0.2) is 0 Å². The van der Waals surface area contributed by atoms with Gasteiger partial charge in [0.15, 0.2) is 0 Å². The fourth-order valence-corrected chi connectivity index (χ4v) is 5.71. The van der Waals surface area contributed by atoms with Gasteiger partial charge in [0.1, 0.15) is 0 Å². The van der Waals surface area contributed by atoms with E-state index in [2.05, 4.69) is 115 Å². The molecule has 0 nitrogen and oxygen atoms in total. The Kier molecular flexibility index (Phi) is 4.70. The van der Waals surface area contributed by atoms with Gasteiger partial charge in [0.2, 0.25) is 0 Å². The van der Waals surface area contributed by atoms with Gasteiger partial charge < -0.3 is 0 Å². The Morgan fingerprint density at radius 2 is 1.16 bits per heavy atom. The summed E-state index contributed by atoms with van der Waals surface area (Å²) < 4.78 is 0. The molecule has 0 amide bonds. The Morgan fingerprint density at radius 3 is 1.94 bits per heavy atom. The second-order valence-electron chi connectivity index (χ2n) is 8.69. The summed E-state index contributed by atoms with van der Waals surface area (Å²) in [5.74, 6) is 0.586. The van der Waals surface area contributed by atoms with Crippen LogP contribution in [0.15, 0.2) is 103 Å². The van der Waals surface area contributed by atoms with Crippen molar-refractivity contribution in [3.8, 4) is 0 Å². The van der Waals surface area contributed by atoms with Crippen molar-refractivity contribution >= 4 is 33.7 Å². The van der Waals surface area contributed by atoms with Crippen LogP contribution in [-0.4, -0.2) is 0 Å². The fraction of sp³-hybridized carbons (Fsp3) is 0.0645. The van der Waals surface area contributed by atoms with Crippen molar-refractivity contribution < 1.29 is 26.2 Å². The van der Waals surface area contributed by atoms with Crippen LogP contribution in [0.3, 0.4) is 0 Å². The number of hydrogen-bond donors (Lipinski definition) is 0. The maximum atomic E-state index is 2.41. The van der Waals surface area contributed by atoms with Gasteiger partial charge in [-0.05, 0) is 22.3 Å². The molecule has 0 aliphatic heterocycles. The van der Waals surface area contributed by atoms with E-state index in [4.69, 9.17) is 0 Å². The second-order valence-corrected chi connectivity index (χ2v) is 8.69. The summed E-state index contributed by atoms with van der Waals surface area (Å²) in [4.78, 5) is 0. The third-order valence-electron chi connectivity index (χ3n) is 7.12. The average Bonchev–Trinajstić information content (AvgIpc) is 3.53. The van der Waals surface area contributed by atoms with Gasteiger partial charge in [-0.2, -0.15) is 0 Å². The van der Waals surface area contributed by atoms with Crippen molar-refractivity contribution in [2.45, 2.75) is 11.8 Å². The Morgan fingerprint density at radius 1 is 0.531 bits per heavy atom. The third kappa shape index (κ3) is 2.81. The molecule has 2 aliphatic rings. The molecule has 2 aliphatic carbocycles. The number of benzene rings is 4. The Balaban J connectivity index is 0.00000196. The van der Waals surface area contributed by atoms with E-state index in [1.54, 1.807) is 0 Å². The molecule has 0 aromatic heterocycles. The molecule has 7 rings (SSSR count). The van der Waals surface area contributed by atoms with Crippen LogP contribution in [0.5, 0.6) is 0 Å². The summed E-state index contributed by atoms with van der Waals surface area (Å²) in [5.41, 5.74) is 8.39. The smallest absolute Gasteiger partial charge is 0.0212 e. The average molecular weight is 485 g/mol. The molecule has 0 saturated heterocycles. The molecule has 0 spiro atoms. The third-order valence-corrected chi connectivity index (χ3v) is 7.12. The van der Waals surface area contributed by atoms with Gasteiger partial charge in [0, 0.05) is 38.0 Å². The van der Waals surface area contributed by atoms with Crippen molar-refractivity contribution in [1.29, 1.82) is 0 Å². The zero-order valence-electron chi connectivity index (χ0n) is 17.6.